The van der Waals surface area contributed by atoms with E-state index in [1.54, 1.807) is 11.0 Å². The molecule has 0 unspecified atom stereocenters. The summed E-state index contributed by atoms with van der Waals surface area (Å²) in [5.41, 5.74) is 1.37. The van der Waals surface area contributed by atoms with Crippen molar-refractivity contribution in [2.24, 2.45) is 0 Å². The summed E-state index contributed by atoms with van der Waals surface area (Å²) in [6, 6.07) is 5.49. The minimum absolute atomic E-state index is 0.0126. The van der Waals surface area contributed by atoms with E-state index >= 15 is 0 Å². The van der Waals surface area contributed by atoms with E-state index in [1.807, 2.05) is 26.0 Å². The summed E-state index contributed by atoms with van der Waals surface area (Å²) >= 11 is 5.65. The molecule has 0 bridgehead atoms. The first-order valence-electron chi connectivity index (χ1n) is 5.54. The first-order valence-corrected chi connectivity index (χ1v) is 6.07. The van der Waals surface area contributed by atoms with Crippen LogP contribution in [0, 0.1) is 0 Å². The van der Waals surface area contributed by atoms with Crippen LogP contribution in [0.5, 0.6) is 0 Å². The highest BCUT2D eigenvalue weighted by atomic mass is 35.5. The monoisotopic (exact) mass is 240 g/mol. The molecule has 1 heterocycles. The zero-order valence-electron chi connectivity index (χ0n) is 9.74. The van der Waals surface area contributed by atoms with Gasteiger partial charge in [0.2, 0.25) is 0 Å². The van der Waals surface area contributed by atoms with Crippen molar-refractivity contribution in [3.63, 3.8) is 0 Å². The van der Waals surface area contributed by atoms with E-state index in [0.717, 1.165) is 5.69 Å². The van der Waals surface area contributed by atoms with Crippen LogP contribution >= 0.6 is 11.6 Å². The molecule has 0 spiro atoms. The summed E-state index contributed by atoms with van der Waals surface area (Å²) in [5, 5.41) is 0. The van der Waals surface area contributed by atoms with Gasteiger partial charge in [-0.2, -0.15) is 0 Å². The topological polar surface area (TPSA) is 33.2 Å². The first kappa shape index (κ1) is 13.0. The van der Waals surface area contributed by atoms with E-state index in [2.05, 4.69) is 4.98 Å². The number of amides is 1. The fourth-order valence-corrected chi connectivity index (χ4v) is 1.70. The quantitative estimate of drug-likeness (QED) is 0.741. The Hall–Kier alpha value is -1.09. The third-order valence-electron chi connectivity index (χ3n) is 2.43. The smallest absolute Gasteiger partial charge is 0.272 e. The van der Waals surface area contributed by atoms with Gasteiger partial charge in [0.05, 0.1) is 0 Å². The summed E-state index contributed by atoms with van der Waals surface area (Å²) in [5.74, 6) is 0.511. The zero-order valence-corrected chi connectivity index (χ0v) is 10.5. The fraction of sp³-hybridized carbons (Fsp3) is 0.500. The minimum atomic E-state index is -0.0126. The van der Waals surface area contributed by atoms with Gasteiger partial charge in [-0.25, -0.2) is 4.98 Å². The van der Waals surface area contributed by atoms with Crippen LogP contribution < -0.4 is 0 Å². The number of alkyl halides is 1. The Morgan fingerprint density at radius 1 is 1.38 bits per heavy atom. The maximum absolute atomic E-state index is 12.0. The lowest BCUT2D eigenvalue weighted by Gasteiger charge is -2.18. The second-order valence-corrected chi connectivity index (χ2v) is 3.81. The van der Waals surface area contributed by atoms with Crippen molar-refractivity contribution in [3.05, 3.63) is 29.6 Å². The number of carbonyl (C=O) groups excluding carboxylic acids is 1. The fourth-order valence-electron chi connectivity index (χ4n) is 1.51. The van der Waals surface area contributed by atoms with Crippen LogP contribution in [0.4, 0.5) is 0 Å². The van der Waals surface area contributed by atoms with Crippen LogP contribution in [0.2, 0.25) is 0 Å². The Morgan fingerprint density at radius 3 is 2.62 bits per heavy atom. The molecule has 0 aliphatic heterocycles. The second kappa shape index (κ2) is 6.48. The van der Waals surface area contributed by atoms with E-state index in [9.17, 15) is 4.79 Å². The number of hydrogen-bond donors (Lipinski definition) is 0. The van der Waals surface area contributed by atoms with Crippen LogP contribution in [-0.2, 0) is 6.42 Å². The number of aromatic nitrogens is 1. The molecule has 16 heavy (non-hydrogen) atoms. The lowest BCUT2D eigenvalue weighted by Crippen LogP contribution is -2.31. The summed E-state index contributed by atoms with van der Waals surface area (Å²) in [4.78, 5) is 18.1. The van der Waals surface area contributed by atoms with E-state index in [1.165, 1.54) is 0 Å². The molecule has 0 N–H and O–H groups in total. The molecular formula is C12H17ClN2O. The van der Waals surface area contributed by atoms with Crippen molar-refractivity contribution in [3.8, 4) is 0 Å². The number of nitrogens with zero attached hydrogens (tertiary/aromatic N) is 2. The summed E-state index contributed by atoms with van der Waals surface area (Å²) in [7, 11) is 0. The third-order valence-corrected chi connectivity index (χ3v) is 2.62. The van der Waals surface area contributed by atoms with Crippen molar-refractivity contribution < 1.29 is 4.79 Å². The molecule has 3 nitrogen and oxygen atoms in total. The number of hydrogen-bond acceptors (Lipinski definition) is 2. The highest BCUT2D eigenvalue weighted by Crippen LogP contribution is 2.05. The number of rotatable bonds is 5. The Labute approximate surface area is 101 Å². The minimum Gasteiger partial charge on any atom is -0.338 e. The van der Waals surface area contributed by atoms with Crippen molar-refractivity contribution in [2.75, 3.05) is 19.0 Å². The van der Waals surface area contributed by atoms with Gasteiger partial charge in [0.15, 0.2) is 0 Å². The highest BCUT2D eigenvalue weighted by molar-refractivity contribution is 6.17. The predicted molar refractivity (Wildman–Crippen MR) is 65.9 cm³/mol. The number of halogens is 1. The number of pyridine rings is 1. The number of aryl methyl sites for hydroxylation is 1. The second-order valence-electron chi connectivity index (χ2n) is 3.43. The van der Waals surface area contributed by atoms with Crippen molar-refractivity contribution in [2.45, 2.75) is 20.3 Å². The van der Waals surface area contributed by atoms with Gasteiger partial charge in [0.25, 0.3) is 5.91 Å². The van der Waals surface area contributed by atoms with Crippen LogP contribution in [0.15, 0.2) is 18.2 Å². The SMILES string of the molecule is CCN(CC)C(=O)c1cccc(CCCl)n1. The Balaban J connectivity index is 2.86. The Kier molecular flexibility index (Phi) is 5.26. The van der Waals surface area contributed by atoms with Crippen molar-refractivity contribution in [1.82, 2.24) is 9.88 Å². The van der Waals surface area contributed by atoms with Crippen LogP contribution in [0.25, 0.3) is 0 Å². The molecule has 0 saturated heterocycles. The van der Waals surface area contributed by atoms with E-state index in [4.69, 9.17) is 11.6 Å². The molecular weight excluding hydrogens is 224 g/mol. The molecule has 0 fully saturated rings. The molecule has 0 atom stereocenters. The summed E-state index contributed by atoms with van der Waals surface area (Å²) in [6.07, 6.45) is 0.695. The standard InChI is InChI=1S/C12H17ClN2O/c1-3-15(4-2)12(16)11-7-5-6-10(14-11)8-9-13/h5-7H,3-4,8-9H2,1-2H3. The zero-order chi connectivity index (χ0) is 12.0. The van der Waals surface area contributed by atoms with Gasteiger partial charge >= 0.3 is 0 Å². The van der Waals surface area contributed by atoms with Gasteiger partial charge in [0, 0.05) is 31.1 Å². The van der Waals surface area contributed by atoms with Gasteiger partial charge in [-0.3, -0.25) is 4.79 Å². The first-order chi connectivity index (χ1) is 7.72. The van der Waals surface area contributed by atoms with Gasteiger partial charge in [-0.15, -0.1) is 11.6 Å². The normalized spacial score (nSPS) is 10.2. The molecule has 1 aromatic rings. The molecule has 0 radical (unpaired) electrons. The lowest BCUT2D eigenvalue weighted by molar-refractivity contribution is 0.0767. The predicted octanol–water partition coefficient (Wildman–Crippen LogP) is 2.34. The van der Waals surface area contributed by atoms with Gasteiger partial charge in [0.1, 0.15) is 5.69 Å². The molecule has 88 valence electrons. The Morgan fingerprint density at radius 2 is 2.06 bits per heavy atom. The van der Waals surface area contributed by atoms with Crippen LogP contribution in [0.1, 0.15) is 30.0 Å². The molecule has 1 rings (SSSR count). The van der Waals surface area contributed by atoms with E-state index < -0.39 is 0 Å². The molecule has 0 aromatic carbocycles. The van der Waals surface area contributed by atoms with E-state index in [-0.39, 0.29) is 5.91 Å². The third kappa shape index (κ3) is 3.20. The molecule has 1 amide bonds. The number of carbonyl (C=O) groups is 1. The molecule has 0 saturated carbocycles. The summed E-state index contributed by atoms with van der Waals surface area (Å²) in [6.45, 7) is 5.33. The van der Waals surface area contributed by atoms with E-state index in [0.29, 0.717) is 31.1 Å². The van der Waals surface area contributed by atoms with Crippen LogP contribution in [0.3, 0.4) is 0 Å². The summed E-state index contributed by atoms with van der Waals surface area (Å²) < 4.78 is 0. The van der Waals surface area contributed by atoms with Crippen LogP contribution in [-0.4, -0.2) is 34.8 Å². The maximum Gasteiger partial charge on any atom is 0.272 e. The highest BCUT2D eigenvalue weighted by Gasteiger charge is 2.13. The molecule has 0 aliphatic carbocycles. The average molecular weight is 241 g/mol. The Bertz CT molecular complexity index is 351. The van der Waals surface area contributed by atoms with Crippen molar-refractivity contribution in [1.29, 1.82) is 0 Å². The van der Waals surface area contributed by atoms with Gasteiger partial charge < -0.3 is 4.90 Å². The van der Waals surface area contributed by atoms with Gasteiger partial charge in [-0.1, -0.05) is 6.07 Å². The molecule has 4 heteroatoms. The molecule has 1 aromatic heterocycles. The van der Waals surface area contributed by atoms with Crippen molar-refractivity contribution >= 4 is 17.5 Å². The van der Waals surface area contributed by atoms with Gasteiger partial charge in [-0.05, 0) is 26.0 Å². The lowest BCUT2D eigenvalue weighted by atomic mass is 10.2. The largest absolute Gasteiger partial charge is 0.338 e. The average Bonchev–Trinajstić information content (AvgIpc) is 2.31. The molecule has 0 aliphatic rings. The maximum atomic E-state index is 12.0.